The zero-order chi connectivity index (χ0) is 21.6. The van der Waals surface area contributed by atoms with Crippen LogP contribution in [0, 0.1) is 12.7 Å². The maximum atomic E-state index is 13.0. The van der Waals surface area contributed by atoms with Crippen LogP contribution in [-0.4, -0.2) is 26.6 Å². The van der Waals surface area contributed by atoms with Crippen LogP contribution in [0.15, 0.2) is 82.6 Å². The number of hydrogen-bond acceptors (Lipinski definition) is 4. The molecule has 0 heterocycles. The van der Waals surface area contributed by atoms with Crippen LogP contribution < -0.4 is 10.0 Å². The van der Waals surface area contributed by atoms with Crippen LogP contribution in [-0.2, 0) is 10.0 Å². The molecule has 3 rings (SSSR count). The predicted molar refractivity (Wildman–Crippen MR) is 118 cm³/mol. The van der Waals surface area contributed by atoms with Crippen molar-refractivity contribution in [3.63, 3.8) is 0 Å². The van der Waals surface area contributed by atoms with E-state index in [0.717, 1.165) is 17.0 Å². The van der Waals surface area contributed by atoms with Gasteiger partial charge in [0.1, 0.15) is 5.82 Å². The molecule has 8 heteroatoms. The first-order chi connectivity index (χ1) is 14.3. The standard InChI is InChI=1S/C22H21FN2O3S2/c1-16-5-11-20(12-6-16)29-14-13-24-22(26)17-3-2-4-21(15-17)30(27,28)25-19-9-7-18(23)8-10-19/h2-12,15,25H,13-14H2,1H3,(H,24,26). The van der Waals surface area contributed by atoms with Crippen molar-refractivity contribution in [3.8, 4) is 0 Å². The summed E-state index contributed by atoms with van der Waals surface area (Å²) in [5, 5.41) is 2.80. The summed E-state index contributed by atoms with van der Waals surface area (Å²) in [6.45, 7) is 2.47. The van der Waals surface area contributed by atoms with Gasteiger partial charge in [0.15, 0.2) is 0 Å². The molecule has 0 saturated carbocycles. The van der Waals surface area contributed by atoms with Gasteiger partial charge in [0.05, 0.1) is 4.90 Å². The zero-order valence-corrected chi connectivity index (χ0v) is 17.9. The fourth-order valence-corrected chi connectivity index (χ4v) is 4.48. The number of sulfonamides is 1. The highest BCUT2D eigenvalue weighted by molar-refractivity contribution is 7.99. The third-order valence-corrected chi connectivity index (χ3v) is 6.57. The van der Waals surface area contributed by atoms with Gasteiger partial charge in [-0.1, -0.05) is 23.8 Å². The van der Waals surface area contributed by atoms with Crippen molar-refractivity contribution in [3.05, 3.63) is 89.7 Å². The molecule has 3 aromatic rings. The molecule has 156 valence electrons. The topological polar surface area (TPSA) is 75.3 Å². The number of rotatable bonds is 8. The van der Waals surface area contributed by atoms with Crippen molar-refractivity contribution < 1.29 is 17.6 Å². The first-order valence-electron chi connectivity index (χ1n) is 9.20. The molecule has 0 saturated heterocycles. The largest absolute Gasteiger partial charge is 0.351 e. The summed E-state index contributed by atoms with van der Waals surface area (Å²) >= 11 is 1.63. The summed E-state index contributed by atoms with van der Waals surface area (Å²) in [4.78, 5) is 13.5. The highest BCUT2D eigenvalue weighted by atomic mass is 32.2. The van der Waals surface area contributed by atoms with Gasteiger partial charge in [0.25, 0.3) is 15.9 Å². The van der Waals surface area contributed by atoms with E-state index in [1.54, 1.807) is 17.8 Å². The molecule has 0 fully saturated rings. The molecule has 0 atom stereocenters. The summed E-state index contributed by atoms with van der Waals surface area (Å²) < 4.78 is 40.5. The quantitative estimate of drug-likeness (QED) is 0.397. The lowest BCUT2D eigenvalue weighted by molar-refractivity contribution is 0.0956. The Hall–Kier alpha value is -2.84. The predicted octanol–water partition coefficient (Wildman–Crippen LogP) is 4.46. The van der Waals surface area contributed by atoms with E-state index >= 15 is 0 Å². The van der Waals surface area contributed by atoms with Gasteiger partial charge in [-0.05, 0) is 61.5 Å². The van der Waals surface area contributed by atoms with Gasteiger partial charge in [-0.2, -0.15) is 0 Å². The number of amides is 1. The Morgan fingerprint density at radius 3 is 2.40 bits per heavy atom. The summed E-state index contributed by atoms with van der Waals surface area (Å²) in [5.41, 5.74) is 1.67. The molecule has 3 aromatic carbocycles. The second-order valence-corrected chi connectivity index (χ2v) is 9.41. The number of benzene rings is 3. The van der Waals surface area contributed by atoms with Crippen LogP contribution >= 0.6 is 11.8 Å². The molecular formula is C22H21FN2O3S2. The average Bonchev–Trinajstić information content (AvgIpc) is 2.74. The SMILES string of the molecule is Cc1ccc(SCCNC(=O)c2cccc(S(=O)(=O)Nc3ccc(F)cc3)c2)cc1. The molecule has 5 nitrogen and oxygen atoms in total. The molecule has 0 aliphatic carbocycles. The van der Waals surface area contributed by atoms with E-state index in [-0.39, 0.29) is 22.1 Å². The molecular weight excluding hydrogens is 423 g/mol. The van der Waals surface area contributed by atoms with Crippen LogP contribution in [0.2, 0.25) is 0 Å². The second-order valence-electron chi connectivity index (χ2n) is 6.56. The molecule has 2 N–H and O–H groups in total. The summed E-state index contributed by atoms with van der Waals surface area (Å²) in [7, 11) is -3.90. The number of aryl methyl sites for hydroxylation is 1. The van der Waals surface area contributed by atoms with E-state index in [1.165, 1.54) is 35.9 Å². The summed E-state index contributed by atoms with van der Waals surface area (Å²) in [6, 6.07) is 18.9. The third kappa shape index (κ3) is 6.08. The van der Waals surface area contributed by atoms with Crippen molar-refractivity contribution in [2.45, 2.75) is 16.7 Å². The average molecular weight is 445 g/mol. The van der Waals surface area contributed by atoms with Crippen molar-refractivity contribution in [1.82, 2.24) is 5.32 Å². The molecule has 0 aromatic heterocycles. The summed E-state index contributed by atoms with van der Waals surface area (Å²) in [5.74, 6) is -0.116. The summed E-state index contributed by atoms with van der Waals surface area (Å²) in [6.07, 6.45) is 0. The van der Waals surface area contributed by atoms with Gasteiger partial charge >= 0.3 is 0 Å². The van der Waals surface area contributed by atoms with Crippen LogP contribution in [0.3, 0.4) is 0 Å². The molecule has 0 spiro atoms. The van der Waals surface area contributed by atoms with Gasteiger partial charge in [-0.15, -0.1) is 11.8 Å². The fourth-order valence-electron chi connectivity index (χ4n) is 2.61. The normalized spacial score (nSPS) is 11.1. The van der Waals surface area contributed by atoms with E-state index < -0.39 is 15.8 Å². The highest BCUT2D eigenvalue weighted by Crippen LogP contribution is 2.19. The zero-order valence-electron chi connectivity index (χ0n) is 16.3. The minimum absolute atomic E-state index is 0.0477. The first-order valence-corrected chi connectivity index (χ1v) is 11.7. The Morgan fingerprint density at radius 2 is 1.70 bits per heavy atom. The number of carbonyl (C=O) groups is 1. The molecule has 1 amide bonds. The van der Waals surface area contributed by atoms with Crippen molar-refractivity contribution in [1.29, 1.82) is 0 Å². The Morgan fingerprint density at radius 1 is 1.00 bits per heavy atom. The van der Waals surface area contributed by atoms with Gasteiger partial charge in [-0.3, -0.25) is 9.52 Å². The molecule has 0 aliphatic rings. The minimum Gasteiger partial charge on any atom is -0.351 e. The highest BCUT2D eigenvalue weighted by Gasteiger charge is 2.16. The lowest BCUT2D eigenvalue weighted by atomic mass is 10.2. The molecule has 0 radical (unpaired) electrons. The molecule has 0 unspecified atom stereocenters. The fraction of sp³-hybridized carbons (Fsp3) is 0.136. The van der Waals surface area contributed by atoms with Crippen LogP contribution in [0.4, 0.5) is 10.1 Å². The van der Waals surface area contributed by atoms with Gasteiger partial charge in [0, 0.05) is 28.4 Å². The second kappa shape index (κ2) is 9.77. The van der Waals surface area contributed by atoms with Crippen molar-refractivity contribution in [2.75, 3.05) is 17.0 Å². The van der Waals surface area contributed by atoms with Crippen molar-refractivity contribution >= 4 is 33.4 Å². The molecule has 0 aliphatic heterocycles. The van der Waals surface area contributed by atoms with Crippen molar-refractivity contribution in [2.24, 2.45) is 0 Å². The Labute approximate surface area is 179 Å². The van der Waals surface area contributed by atoms with E-state index in [9.17, 15) is 17.6 Å². The number of thioether (sulfide) groups is 1. The lowest BCUT2D eigenvalue weighted by Gasteiger charge is -2.10. The molecule has 0 bridgehead atoms. The third-order valence-electron chi connectivity index (χ3n) is 4.18. The Bertz CT molecular complexity index is 1120. The van der Waals surface area contributed by atoms with Gasteiger partial charge in [-0.25, -0.2) is 12.8 Å². The van der Waals surface area contributed by atoms with E-state index in [4.69, 9.17) is 0 Å². The number of anilines is 1. The van der Waals surface area contributed by atoms with E-state index in [2.05, 4.69) is 10.0 Å². The minimum atomic E-state index is -3.90. The maximum absolute atomic E-state index is 13.0. The Kier molecular flexibility index (Phi) is 7.12. The lowest BCUT2D eigenvalue weighted by Crippen LogP contribution is -2.26. The van der Waals surface area contributed by atoms with Crippen LogP contribution in [0.25, 0.3) is 0 Å². The monoisotopic (exact) mass is 444 g/mol. The van der Waals surface area contributed by atoms with Crippen LogP contribution in [0.5, 0.6) is 0 Å². The number of carbonyl (C=O) groups excluding carboxylic acids is 1. The smallest absolute Gasteiger partial charge is 0.261 e. The number of hydrogen-bond donors (Lipinski definition) is 2. The molecule has 30 heavy (non-hydrogen) atoms. The Balaban J connectivity index is 1.58. The number of halogens is 1. The van der Waals surface area contributed by atoms with Crippen LogP contribution in [0.1, 0.15) is 15.9 Å². The van der Waals surface area contributed by atoms with E-state index in [1.807, 2.05) is 31.2 Å². The van der Waals surface area contributed by atoms with Gasteiger partial charge < -0.3 is 5.32 Å². The number of nitrogens with one attached hydrogen (secondary N) is 2. The van der Waals surface area contributed by atoms with Gasteiger partial charge in [0.2, 0.25) is 0 Å². The van der Waals surface area contributed by atoms with E-state index in [0.29, 0.717) is 12.3 Å². The first kappa shape index (κ1) is 21.9. The maximum Gasteiger partial charge on any atom is 0.261 e.